The summed E-state index contributed by atoms with van der Waals surface area (Å²) < 4.78 is 0. The zero-order valence-corrected chi connectivity index (χ0v) is 19.3. The molecule has 0 bridgehead atoms. The van der Waals surface area contributed by atoms with Gasteiger partial charge in [-0.05, 0) is 92.3 Å². The number of hydrogen-bond donors (Lipinski definition) is 2. The van der Waals surface area contributed by atoms with Crippen LogP contribution in [0.5, 0.6) is 0 Å². The molecule has 4 rings (SSSR count). The predicted molar refractivity (Wildman–Crippen MR) is 134 cm³/mol. The van der Waals surface area contributed by atoms with Gasteiger partial charge in [0.15, 0.2) is 0 Å². The molecule has 1 fully saturated rings. The van der Waals surface area contributed by atoms with Crippen molar-refractivity contribution >= 4 is 35.3 Å². The van der Waals surface area contributed by atoms with E-state index in [9.17, 15) is 0 Å². The lowest BCUT2D eigenvalue weighted by Crippen LogP contribution is -2.31. The molecule has 0 radical (unpaired) electrons. The fourth-order valence-corrected chi connectivity index (χ4v) is 4.00. The molecule has 2 heterocycles. The second kappa shape index (κ2) is 10.5. The molecule has 0 spiro atoms. The minimum absolute atomic E-state index is 0.437. The molecule has 8 heteroatoms. The normalized spacial score (nSPS) is 13.4. The Morgan fingerprint density at radius 3 is 2.15 bits per heavy atom. The molecule has 170 valence electrons. The first-order valence-electron chi connectivity index (χ1n) is 11.3. The van der Waals surface area contributed by atoms with Crippen LogP contribution in [-0.4, -0.2) is 28.0 Å². The average Bonchev–Trinajstić information content (AvgIpc) is 2.86. The van der Waals surface area contributed by atoms with Crippen LogP contribution in [0.15, 0.2) is 42.5 Å². The number of benzene rings is 2. The van der Waals surface area contributed by atoms with Crippen LogP contribution in [0.3, 0.4) is 0 Å². The summed E-state index contributed by atoms with van der Waals surface area (Å²) in [6.07, 6.45) is 6.71. The van der Waals surface area contributed by atoms with Gasteiger partial charge in [0.25, 0.3) is 0 Å². The number of piperidine rings is 1. The average molecular weight is 451 g/mol. The molecule has 1 aliphatic rings. The number of nitriles is 2. The summed E-state index contributed by atoms with van der Waals surface area (Å²) in [5, 5.41) is 24.5. The Labute approximate surface area is 199 Å². The third-order valence-corrected chi connectivity index (χ3v) is 5.67. The number of rotatable bonds is 6. The second-order valence-corrected chi connectivity index (χ2v) is 8.26. The Hall–Kier alpha value is -4.43. The quantitative estimate of drug-likeness (QED) is 0.482. The lowest BCUT2D eigenvalue weighted by atomic mass is 10.0. The molecule has 1 saturated heterocycles. The van der Waals surface area contributed by atoms with Crippen molar-refractivity contribution < 1.29 is 0 Å². The standard InChI is InChI=1S/C26H26N8/c1-18-15-21(7-6-12-27)16-19(2)23(18)30-25-31-24(29-22-10-8-20(17-28)9-11-22)32-26(33-25)34-13-4-3-5-14-34/h6-11,15-16H,3-5,13-14H2,1-2H3,(H2,29,30,31,32,33). The molecular formula is C26H26N8. The molecule has 0 atom stereocenters. The summed E-state index contributed by atoms with van der Waals surface area (Å²) >= 11 is 0. The van der Waals surface area contributed by atoms with Crippen molar-refractivity contribution in [3.8, 4) is 12.1 Å². The first kappa shape index (κ1) is 22.8. The first-order valence-corrected chi connectivity index (χ1v) is 11.3. The summed E-state index contributed by atoms with van der Waals surface area (Å²) in [5.74, 6) is 1.53. The van der Waals surface area contributed by atoms with Crippen molar-refractivity contribution in [1.82, 2.24) is 15.0 Å². The Bertz CT molecular complexity index is 1250. The van der Waals surface area contributed by atoms with Gasteiger partial charge in [-0.1, -0.05) is 0 Å². The number of anilines is 5. The molecule has 2 N–H and O–H groups in total. The van der Waals surface area contributed by atoms with Crippen molar-refractivity contribution in [3.63, 3.8) is 0 Å². The number of nitrogens with zero attached hydrogens (tertiary/aromatic N) is 6. The number of allylic oxidation sites excluding steroid dienone is 1. The zero-order chi connectivity index (χ0) is 23.9. The highest BCUT2D eigenvalue weighted by Crippen LogP contribution is 2.27. The van der Waals surface area contributed by atoms with E-state index in [1.165, 1.54) is 12.5 Å². The van der Waals surface area contributed by atoms with E-state index in [0.717, 1.165) is 54.0 Å². The predicted octanol–water partition coefficient (Wildman–Crippen LogP) is 5.37. The third-order valence-electron chi connectivity index (χ3n) is 5.67. The van der Waals surface area contributed by atoms with Gasteiger partial charge in [-0.3, -0.25) is 0 Å². The zero-order valence-electron chi connectivity index (χ0n) is 19.3. The maximum Gasteiger partial charge on any atom is 0.233 e. The van der Waals surface area contributed by atoms with Gasteiger partial charge < -0.3 is 15.5 Å². The number of nitrogens with one attached hydrogen (secondary N) is 2. The molecule has 1 aliphatic heterocycles. The molecular weight excluding hydrogens is 424 g/mol. The van der Waals surface area contributed by atoms with Crippen LogP contribution in [0.4, 0.5) is 29.2 Å². The summed E-state index contributed by atoms with van der Waals surface area (Å²) in [7, 11) is 0. The van der Waals surface area contributed by atoms with Gasteiger partial charge in [-0.15, -0.1) is 0 Å². The lowest BCUT2D eigenvalue weighted by Gasteiger charge is -2.27. The minimum atomic E-state index is 0.437. The molecule has 2 aromatic carbocycles. The van der Waals surface area contributed by atoms with Crippen LogP contribution in [0.1, 0.15) is 41.5 Å². The van der Waals surface area contributed by atoms with E-state index < -0.39 is 0 Å². The van der Waals surface area contributed by atoms with E-state index in [4.69, 9.17) is 15.5 Å². The van der Waals surface area contributed by atoms with Gasteiger partial charge in [0.2, 0.25) is 17.8 Å². The SMILES string of the molecule is Cc1cc(C=CC#N)cc(C)c1Nc1nc(Nc2ccc(C#N)cc2)nc(N2CCCCC2)n1. The van der Waals surface area contributed by atoms with E-state index in [0.29, 0.717) is 23.4 Å². The molecule has 0 aliphatic carbocycles. The third kappa shape index (κ3) is 5.48. The molecule has 1 aromatic heterocycles. The van der Waals surface area contributed by atoms with Crippen molar-refractivity contribution in [3.05, 3.63) is 64.7 Å². The molecule has 0 saturated carbocycles. The van der Waals surface area contributed by atoms with Crippen molar-refractivity contribution in [2.75, 3.05) is 28.6 Å². The fourth-order valence-electron chi connectivity index (χ4n) is 4.00. The van der Waals surface area contributed by atoms with Crippen LogP contribution < -0.4 is 15.5 Å². The number of hydrogen-bond acceptors (Lipinski definition) is 8. The van der Waals surface area contributed by atoms with E-state index in [-0.39, 0.29) is 0 Å². The van der Waals surface area contributed by atoms with Gasteiger partial charge in [-0.2, -0.15) is 25.5 Å². The van der Waals surface area contributed by atoms with Gasteiger partial charge in [-0.25, -0.2) is 0 Å². The number of aromatic nitrogens is 3. The minimum Gasteiger partial charge on any atom is -0.341 e. The van der Waals surface area contributed by atoms with Gasteiger partial charge in [0, 0.05) is 30.5 Å². The largest absolute Gasteiger partial charge is 0.341 e. The van der Waals surface area contributed by atoms with Crippen molar-refractivity contribution in [1.29, 1.82) is 10.5 Å². The fraction of sp³-hybridized carbons (Fsp3) is 0.269. The lowest BCUT2D eigenvalue weighted by molar-refractivity contribution is 0.568. The molecule has 34 heavy (non-hydrogen) atoms. The van der Waals surface area contributed by atoms with E-state index >= 15 is 0 Å². The summed E-state index contributed by atoms with van der Waals surface area (Å²) in [6, 6.07) is 15.4. The van der Waals surface area contributed by atoms with Crippen LogP contribution >= 0.6 is 0 Å². The van der Waals surface area contributed by atoms with E-state index in [1.807, 2.05) is 44.2 Å². The Kier molecular flexibility index (Phi) is 7.00. The highest BCUT2D eigenvalue weighted by molar-refractivity contribution is 5.69. The monoisotopic (exact) mass is 450 g/mol. The summed E-state index contributed by atoms with van der Waals surface area (Å²) in [6.45, 7) is 5.86. The highest BCUT2D eigenvalue weighted by Gasteiger charge is 2.17. The molecule has 0 amide bonds. The molecule has 3 aromatic rings. The first-order chi connectivity index (χ1) is 16.6. The van der Waals surface area contributed by atoms with Crippen LogP contribution in [0.25, 0.3) is 6.08 Å². The Morgan fingerprint density at radius 2 is 1.53 bits per heavy atom. The Morgan fingerprint density at radius 1 is 0.882 bits per heavy atom. The van der Waals surface area contributed by atoms with E-state index in [1.54, 1.807) is 18.2 Å². The van der Waals surface area contributed by atoms with E-state index in [2.05, 4.69) is 31.6 Å². The smallest absolute Gasteiger partial charge is 0.233 e. The topological polar surface area (TPSA) is 114 Å². The highest BCUT2D eigenvalue weighted by atomic mass is 15.3. The maximum absolute atomic E-state index is 9.04. The number of aryl methyl sites for hydroxylation is 2. The molecule has 0 unspecified atom stereocenters. The van der Waals surface area contributed by atoms with Crippen LogP contribution in [-0.2, 0) is 0 Å². The maximum atomic E-state index is 9.04. The molecule has 8 nitrogen and oxygen atoms in total. The summed E-state index contributed by atoms with van der Waals surface area (Å²) in [4.78, 5) is 16.2. The second-order valence-electron chi connectivity index (χ2n) is 8.26. The van der Waals surface area contributed by atoms with Gasteiger partial charge >= 0.3 is 0 Å². The van der Waals surface area contributed by atoms with Gasteiger partial charge in [0.05, 0.1) is 17.7 Å². The Balaban J connectivity index is 1.67. The summed E-state index contributed by atoms with van der Waals surface area (Å²) in [5.41, 5.74) is 5.33. The van der Waals surface area contributed by atoms with Crippen LogP contribution in [0.2, 0.25) is 0 Å². The van der Waals surface area contributed by atoms with Gasteiger partial charge in [0.1, 0.15) is 0 Å². The van der Waals surface area contributed by atoms with Crippen molar-refractivity contribution in [2.24, 2.45) is 0 Å². The van der Waals surface area contributed by atoms with Crippen molar-refractivity contribution in [2.45, 2.75) is 33.1 Å². The van der Waals surface area contributed by atoms with Crippen LogP contribution in [0, 0.1) is 36.5 Å².